The fourth-order valence-electron chi connectivity index (χ4n) is 0.440. The number of hydrogen-bond donors (Lipinski definition) is 0. The average Bonchev–Trinajstić information content (AvgIpc) is 1.84. The maximum Gasteiger partial charge on any atom is 0.154 e. The van der Waals surface area contributed by atoms with E-state index in [1.54, 1.807) is 0 Å². The van der Waals surface area contributed by atoms with Crippen LogP contribution in [0.25, 0.3) is 0 Å². The molecule has 1 nitrogen and oxygen atoms in total. The summed E-state index contributed by atoms with van der Waals surface area (Å²) >= 11 is 5.67. The molecule has 0 aromatic rings. The molecule has 0 radical (unpaired) electrons. The molecular weight excluding hydrogens is 169 g/mol. The van der Waals surface area contributed by atoms with Crippen LogP contribution in [0.2, 0.25) is 0 Å². The predicted octanol–water partition coefficient (Wildman–Crippen LogP) is -1.16. The van der Waals surface area contributed by atoms with Crippen molar-refractivity contribution in [3.8, 4) is 0 Å². The minimum absolute atomic E-state index is 0. The molecule has 62 valence electrons. The van der Waals surface area contributed by atoms with E-state index in [2.05, 4.69) is 20.2 Å². The SMILES string of the molecule is C/C=C/C[N+](C)(C)CCl.[Cl-]. The first-order valence-electron chi connectivity index (χ1n) is 3.11. The molecule has 0 N–H and O–H groups in total. The lowest BCUT2D eigenvalue weighted by Gasteiger charge is -2.24. The van der Waals surface area contributed by atoms with Crippen LogP contribution >= 0.6 is 11.6 Å². The molecule has 0 saturated heterocycles. The summed E-state index contributed by atoms with van der Waals surface area (Å²) in [5, 5.41) is 0. The van der Waals surface area contributed by atoms with E-state index < -0.39 is 0 Å². The van der Waals surface area contributed by atoms with E-state index in [0.29, 0.717) is 6.00 Å². The van der Waals surface area contributed by atoms with Crippen molar-refractivity contribution in [2.45, 2.75) is 6.92 Å². The lowest BCUT2D eigenvalue weighted by Crippen LogP contribution is -3.00. The molecule has 0 rings (SSSR count). The van der Waals surface area contributed by atoms with Crippen LogP contribution in [0.1, 0.15) is 6.92 Å². The van der Waals surface area contributed by atoms with Gasteiger partial charge in [0.05, 0.1) is 20.6 Å². The average molecular weight is 184 g/mol. The number of quaternary nitrogens is 1. The summed E-state index contributed by atoms with van der Waals surface area (Å²) in [6, 6.07) is 0.671. The van der Waals surface area contributed by atoms with Crippen molar-refractivity contribution >= 4 is 11.6 Å². The van der Waals surface area contributed by atoms with Crippen LogP contribution in [0, 0.1) is 0 Å². The van der Waals surface area contributed by atoms with Crippen molar-refractivity contribution in [3.63, 3.8) is 0 Å². The van der Waals surface area contributed by atoms with Gasteiger partial charge in [-0.2, -0.15) is 0 Å². The Morgan fingerprint density at radius 3 is 2.20 bits per heavy atom. The summed E-state index contributed by atoms with van der Waals surface area (Å²) in [4.78, 5) is 0. The molecule has 10 heavy (non-hydrogen) atoms. The molecule has 0 saturated carbocycles. The minimum atomic E-state index is 0. The molecule has 0 aliphatic heterocycles. The van der Waals surface area contributed by atoms with Crippen molar-refractivity contribution in [1.82, 2.24) is 0 Å². The largest absolute Gasteiger partial charge is 1.00 e. The van der Waals surface area contributed by atoms with E-state index in [1.165, 1.54) is 0 Å². The first-order chi connectivity index (χ1) is 4.12. The predicted molar refractivity (Wildman–Crippen MR) is 42.5 cm³/mol. The molecule has 0 aliphatic carbocycles. The molecule has 0 amide bonds. The van der Waals surface area contributed by atoms with Crippen molar-refractivity contribution in [3.05, 3.63) is 12.2 Å². The van der Waals surface area contributed by atoms with Gasteiger partial charge >= 0.3 is 0 Å². The molecular formula is C7H15Cl2N. The van der Waals surface area contributed by atoms with Crippen LogP contribution in [0.5, 0.6) is 0 Å². The first-order valence-corrected chi connectivity index (χ1v) is 3.65. The van der Waals surface area contributed by atoms with Gasteiger partial charge in [-0.3, -0.25) is 0 Å². The van der Waals surface area contributed by atoms with Crippen molar-refractivity contribution < 1.29 is 16.9 Å². The number of halogens is 2. The van der Waals surface area contributed by atoms with Crippen LogP contribution in [0.4, 0.5) is 0 Å². The van der Waals surface area contributed by atoms with Gasteiger partial charge in [-0.25, -0.2) is 0 Å². The fraction of sp³-hybridized carbons (Fsp3) is 0.714. The quantitative estimate of drug-likeness (QED) is 0.224. The van der Waals surface area contributed by atoms with Gasteiger partial charge in [-0.05, 0) is 13.0 Å². The number of hydrogen-bond acceptors (Lipinski definition) is 0. The Kier molecular flexibility index (Phi) is 7.77. The maximum absolute atomic E-state index is 5.67. The van der Waals surface area contributed by atoms with E-state index in [9.17, 15) is 0 Å². The Hall–Kier alpha value is 0.280. The zero-order chi connectivity index (χ0) is 7.33. The zero-order valence-electron chi connectivity index (χ0n) is 6.77. The number of nitrogens with zero attached hydrogens (tertiary/aromatic N) is 1. The second-order valence-electron chi connectivity index (χ2n) is 2.81. The van der Waals surface area contributed by atoms with E-state index in [-0.39, 0.29) is 12.4 Å². The van der Waals surface area contributed by atoms with Gasteiger partial charge in [0.1, 0.15) is 0 Å². The zero-order valence-corrected chi connectivity index (χ0v) is 8.28. The molecule has 0 spiro atoms. The molecule has 0 fully saturated rings. The van der Waals surface area contributed by atoms with Gasteiger partial charge in [-0.1, -0.05) is 17.7 Å². The third kappa shape index (κ3) is 6.40. The van der Waals surface area contributed by atoms with E-state index in [4.69, 9.17) is 11.6 Å². The summed E-state index contributed by atoms with van der Waals surface area (Å²) in [6.45, 7) is 3.04. The lowest BCUT2D eigenvalue weighted by atomic mass is 10.4. The Labute approximate surface area is 74.7 Å². The molecule has 0 aromatic heterocycles. The molecule has 0 heterocycles. The highest BCUT2D eigenvalue weighted by molar-refractivity contribution is 6.16. The molecule has 0 bridgehead atoms. The van der Waals surface area contributed by atoms with E-state index in [1.807, 2.05) is 13.0 Å². The van der Waals surface area contributed by atoms with Crippen molar-refractivity contribution in [2.75, 3.05) is 26.6 Å². The van der Waals surface area contributed by atoms with Gasteiger partial charge in [0, 0.05) is 0 Å². The van der Waals surface area contributed by atoms with Crippen LogP contribution in [-0.4, -0.2) is 31.1 Å². The Balaban J connectivity index is 0. The molecule has 0 aromatic carbocycles. The Morgan fingerprint density at radius 2 is 1.90 bits per heavy atom. The van der Waals surface area contributed by atoms with Crippen molar-refractivity contribution in [1.29, 1.82) is 0 Å². The number of allylic oxidation sites excluding steroid dienone is 1. The van der Waals surface area contributed by atoms with Gasteiger partial charge in [0.25, 0.3) is 0 Å². The third-order valence-corrected chi connectivity index (χ3v) is 1.81. The molecule has 3 heteroatoms. The summed E-state index contributed by atoms with van der Waals surface area (Å²) in [6.07, 6.45) is 4.18. The minimum Gasteiger partial charge on any atom is -1.00 e. The van der Waals surface area contributed by atoms with E-state index in [0.717, 1.165) is 11.0 Å². The van der Waals surface area contributed by atoms with Crippen LogP contribution in [0.3, 0.4) is 0 Å². The monoisotopic (exact) mass is 183 g/mol. The van der Waals surface area contributed by atoms with Crippen LogP contribution in [0.15, 0.2) is 12.2 Å². The number of alkyl halides is 1. The second-order valence-corrected chi connectivity index (χ2v) is 3.05. The van der Waals surface area contributed by atoms with Gasteiger partial charge in [-0.15, -0.1) is 0 Å². The topological polar surface area (TPSA) is 0 Å². The highest BCUT2D eigenvalue weighted by Gasteiger charge is 2.08. The fourth-order valence-corrected chi connectivity index (χ4v) is 0.537. The molecule has 0 aliphatic rings. The Bertz CT molecular complexity index is 99.8. The van der Waals surface area contributed by atoms with Gasteiger partial charge in [0.15, 0.2) is 6.00 Å². The highest BCUT2D eigenvalue weighted by atomic mass is 35.5. The molecule has 0 unspecified atom stereocenters. The standard InChI is InChI=1S/C7H15ClN.ClH/c1-4-5-6-9(2,3)7-8;/h4-5H,6-7H2,1-3H3;1H/q+1;/p-1/b5-4+;. The summed E-state index contributed by atoms with van der Waals surface area (Å²) in [5.41, 5.74) is 0. The first kappa shape index (κ1) is 12.9. The molecule has 0 atom stereocenters. The summed E-state index contributed by atoms with van der Waals surface area (Å²) in [7, 11) is 4.21. The Morgan fingerprint density at radius 1 is 1.40 bits per heavy atom. The van der Waals surface area contributed by atoms with Crippen molar-refractivity contribution in [2.24, 2.45) is 0 Å². The van der Waals surface area contributed by atoms with Crippen LogP contribution in [-0.2, 0) is 0 Å². The highest BCUT2D eigenvalue weighted by Crippen LogP contribution is 1.98. The second kappa shape index (κ2) is 6.02. The van der Waals surface area contributed by atoms with Crippen LogP contribution < -0.4 is 12.4 Å². The van der Waals surface area contributed by atoms with Gasteiger partial charge < -0.3 is 16.9 Å². The number of likely N-dealkylation sites (N-methyl/N-ethyl adjacent to an activating group) is 1. The van der Waals surface area contributed by atoms with Gasteiger partial charge in [0.2, 0.25) is 0 Å². The lowest BCUT2D eigenvalue weighted by molar-refractivity contribution is -0.873. The summed E-state index contributed by atoms with van der Waals surface area (Å²) in [5.74, 6) is 0. The summed E-state index contributed by atoms with van der Waals surface area (Å²) < 4.78 is 0.853. The van der Waals surface area contributed by atoms with E-state index >= 15 is 0 Å². The maximum atomic E-state index is 5.67. The number of rotatable bonds is 3. The smallest absolute Gasteiger partial charge is 0.154 e. The third-order valence-electron chi connectivity index (χ3n) is 1.16. The normalized spacial score (nSPS) is 11.6.